The smallest absolute Gasteiger partial charge is 0.421 e. The van der Waals surface area contributed by atoms with Crippen molar-refractivity contribution >= 4 is 16.3 Å². The lowest BCUT2D eigenvalue weighted by Gasteiger charge is -2.31. The third kappa shape index (κ3) is 4.43. The molecule has 0 spiro atoms. The quantitative estimate of drug-likeness (QED) is 0.734. The van der Waals surface area contributed by atoms with Crippen LogP contribution in [0.1, 0.15) is 19.8 Å². The minimum Gasteiger partial charge on any atom is -0.452 e. The van der Waals surface area contributed by atoms with E-state index in [1.54, 1.807) is 0 Å². The van der Waals surface area contributed by atoms with Crippen LogP contribution in [-0.4, -0.2) is 52.1 Å². The maximum atomic E-state index is 11.9. The molecule has 0 aromatic carbocycles. The van der Waals surface area contributed by atoms with Crippen LogP contribution in [-0.2, 0) is 14.9 Å². The Kier molecular flexibility index (Phi) is 5.83. The van der Waals surface area contributed by atoms with Crippen molar-refractivity contribution in [2.75, 3.05) is 33.3 Å². The summed E-state index contributed by atoms with van der Waals surface area (Å²) in [6.45, 7) is 4.54. The highest BCUT2D eigenvalue weighted by Gasteiger charge is 2.30. The largest absolute Gasteiger partial charge is 0.452 e. The highest BCUT2D eigenvalue weighted by Crippen LogP contribution is 2.17. The molecular weight excluding hydrogens is 258 g/mol. The fraction of sp³-hybridized carbons (Fsp3) is 0.900. The molecule has 1 aliphatic rings. The van der Waals surface area contributed by atoms with Crippen LogP contribution >= 0.6 is 0 Å². The highest BCUT2D eigenvalue weighted by molar-refractivity contribution is 7.87. The molecule has 0 radical (unpaired) electrons. The summed E-state index contributed by atoms with van der Waals surface area (Å²) in [5.41, 5.74) is 0. The molecular formula is C10H21N3O4S. The summed E-state index contributed by atoms with van der Waals surface area (Å²) in [5, 5.41) is 3.21. The molecule has 0 aliphatic carbocycles. The van der Waals surface area contributed by atoms with Crippen LogP contribution in [0, 0.1) is 5.92 Å². The summed E-state index contributed by atoms with van der Waals surface area (Å²) in [5.74, 6) is 0.285. The zero-order chi connectivity index (χ0) is 13.6. The molecule has 1 unspecified atom stereocenters. The zero-order valence-corrected chi connectivity index (χ0v) is 11.6. The number of piperidine rings is 1. The van der Waals surface area contributed by atoms with E-state index in [0.29, 0.717) is 13.1 Å². The molecule has 0 aromatic heterocycles. The van der Waals surface area contributed by atoms with Crippen LogP contribution < -0.4 is 10.0 Å². The van der Waals surface area contributed by atoms with Crippen molar-refractivity contribution in [2.45, 2.75) is 19.8 Å². The number of nitrogens with zero attached hydrogens (tertiary/aromatic N) is 1. The van der Waals surface area contributed by atoms with E-state index in [0.717, 1.165) is 33.0 Å². The van der Waals surface area contributed by atoms with Gasteiger partial charge in [0.05, 0.1) is 7.11 Å². The normalized spacial score (nSPS) is 21.6. The summed E-state index contributed by atoms with van der Waals surface area (Å²) >= 11 is 0. The average Bonchev–Trinajstić information content (AvgIpc) is 2.36. The maximum absolute atomic E-state index is 11.9. The van der Waals surface area contributed by atoms with Gasteiger partial charge in [-0.3, -0.25) is 0 Å². The predicted molar refractivity (Wildman–Crippen MR) is 67.3 cm³/mol. The number of ether oxygens (including phenoxy) is 1. The first-order chi connectivity index (χ1) is 8.49. The van der Waals surface area contributed by atoms with Gasteiger partial charge in [0, 0.05) is 13.1 Å². The van der Waals surface area contributed by atoms with Gasteiger partial charge in [-0.25, -0.2) is 9.52 Å². The van der Waals surface area contributed by atoms with Crippen LogP contribution in [0.4, 0.5) is 4.79 Å². The molecule has 1 atom stereocenters. The fourth-order valence-corrected chi connectivity index (χ4v) is 3.17. The Labute approximate surface area is 108 Å². The van der Waals surface area contributed by atoms with E-state index >= 15 is 0 Å². The molecule has 18 heavy (non-hydrogen) atoms. The van der Waals surface area contributed by atoms with E-state index in [4.69, 9.17) is 0 Å². The van der Waals surface area contributed by atoms with E-state index in [2.05, 4.69) is 10.1 Å². The Morgan fingerprint density at radius 2 is 2.22 bits per heavy atom. The SMILES string of the molecule is CCNCC1CCCN(S(=O)(=O)NC(=O)OC)C1. The van der Waals surface area contributed by atoms with Gasteiger partial charge in [-0.2, -0.15) is 12.7 Å². The van der Waals surface area contributed by atoms with Crippen LogP contribution in [0.15, 0.2) is 0 Å². The first-order valence-electron chi connectivity index (χ1n) is 6.06. The lowest BCUT2D eigenvalue weighted by molar-refractivity contribution is 0.176. The number of carbonyl (C=O) groups is 1. The van der Waals surface area contributed by atoms with Crippen LogP contribution in [0.5, 0.6) is 0 Å². The second-order valence-corrected chi connectivity index (χ2v) is 5.94. The number of hydrogen-bond acceptors (Lipinski definition) is 5. The molecule has 0 bridgehead atoms. The van der Waals surface area contributed by atoms with Crippen molar-refractivity contribution in [1.29, 1.82) is 0 Å². The third-order valence-corrected chi connectivity index (χ3v) is 4.34. The van der Waals surface area contributed by atoms with Gasteiger partial charge in [-0.15, -0.1) is 0 Å². The average molecular weight is 279 g/mol. The second kappa shape index (κ2) is 6.91. The van der Waals surface area contributed by atoms with Gasteiger partial charge in [0.15, 0.2) is 0 Å². The Balaban J connectivity index is 2.57. The summed E-state index contributed by atoms with van der Waals surface area (Å²) in [7, 11) is -2.64. The lowest BCUT2D eigenvalue weighted by Crippen LogP contribution is -2.49. The lowest BCUT2D eigenvalue weighted by atomic mass is 10.00. The standard InChI is InChI=1S/C10H21N3O4S/c1-3-11-7-9-5-4-6-13(8-9)18(15,16)12-10(14)17-2/h9,11H,3-8H2,1-2H3,(H,12,14). The highest BCUT2D eigenvalue weighted by atomic mass is 32.2. The van der Waals surface area contributed by atoms with Gasteiger partial charge in [-0.05, 0) is 31.8 Å². The molecule has 0 aromatic rings. The van der Waals surface area contributed by atoms with E-state index < -0.39 is 16.3 Å². The number of nitrogens with one attached hydrogen (secondary N) is 2. The summed E-state index contributed by atoms with van der Waals surface area (Å²) < 4.78 is 31.2. The molecule has 2 N–H and O–H groups in total. The van der Waals surface area contributed by atoms with E-state index in [9.17, 15) is 13.2 Å². The van der Waals surface area contributed by atoms with Crippen molar-refractivity contribution in [1.82, 2.24) is 14.3 Å². The van der Waals surface area contributed by atoms with Crippen molar-refractivity contribution in [3.63, 3.8) is 0 Å². The number of hydrogen-bond donors (Lipinski definition) is 2. The summed E-state index contributed by atoms with van der Waals surface area (Å²) in [6, 6.07) is 0. The molecule has 0 saturated carbocycles. The summed E-state index contributed by atoms with van der Waals surface area (Å²) in [6.07, 6.45) is 0.846. The molecule has 1 rings (SSSR count). The number of amides is 1. The van der Waals surface area contributed by atoms with Gasteiger partial charge in [-0.1, -0.05) is 6.92 Å². The number of rotatable bonds is 5. The van der Waals surface area contributed by atoms with Crippen molar-refractivity contribution < 1.29 is 17.9 Å². The van der Waals surface area contributed by atoms with E-state index in [1.165, 1.54) is 4.31 Å². The fourth-order valence-electron chi connectivity index (χ4n) is 1.97. The van der Waals surface area contributed by atoms with Gasteiger partial charge >= 0.3 is 16.3 Å². The Bertz CT molecular complexity index is 371. The van der Waals surface area contributed by atoms with E-state index in [1.807, 2.05) is 11.6 Å². The molecule has 7 nitrogen and oxygen atoms in total. The molecule has 1 fully saturated rings. The number of carbonyl (C=O) groups excluding carboxylic acids is 1. The van der Waals surface area contributed by atoms with Gasteiger partial charge < -0.3 is 10.1 Å². The van der Waals surface area contributed by atoms with Crippen LogP contribution in [0.25, 0.3) is 0 Å². The van der Waals surface area contributed by atoms with Crippen LogP contribution in [0.2, 0.25) is 0 Å². The van der Waals surface area contributed by atoms with Crippen molar-refractivity contribution in [3.8, 4) is 0 Å². The first kappa shape index (κ1) is 15.2. The molecule has 1 amide bonds. The topological polar surface area (TPSA) is 87.7 Å². The van der Waals surface area contributed by atoms with Gasteiger partial charge in [0.25, 0.3) is 0 Å². The third-order valence-electron chi connectivity index (χ3n) is 2.90. The Hall–Kier alpha value is -0.860. The summed E-state index contributed by atoms with van der Waals surface area (Å²) in [4.78, 5) is 11.0. The number of methoxy groups -OCH3 is 1. The molecule has 8 heteroatoms. The maximum Gasteiger partial charge on any atom is 0.421 e. The predicted octanol–water partition coefficient (Wildman–Crippen LogP) is -0.0913. The van der Waals surface area contributed by atoms with Crippen LogP contribution in [0.3, 0.4) is 0 Å². The monoisotopic (exact) mass is 279 g/mol. The molecule has 1 heterocycles. The zero-order valence-electron chi connectivity index (χ0n) is 10.8. The minimum absolute atomic E-state index is 0.285. The Morgan fingerprint density at radius 1 is 1.50 bits per heavy atom. The molecule has 1 saturated heterocycles. The Morgan fingerprint density at radius 3 is 2.83 bits per heavy atom. The first-order valence-corrected chi connectivity index (χ1v) is 7.50. The van der Waals surface area contributed by atoms with Crippen molar-refractivity contribution in [2.24, 2.45) is 5.92 Å². The van der Waals surface area contributed by atoms with Gasteiger partial charge in [0.1, 0.15) is 0 Å². The molecule has 106 valence electrons. The molecule has 1 aliphatic heterocycles. The van der Waals surface area contributed by atoms with Gasteiger partial charge in [0.2, 0.25) is 0 Å². The van der Waals surface area contributed by atoms with Crippen molar-refractivity contribution in [3.05, 3.63) is 0 Å². The second-order valence-electron chi connectivity index (χ2n) is 4.27. The van der Waals surface area contributed by atoms with E-state index in [-0.39, 0.29) is 5.92 Å². The minimum atomic E-state index is -3.77.